The normalized spacial score (nSPS) is 22.2. The summed E-state index contributed by atoms with van der Waals surface area (Å²) in [5.74, 6) is 1.41. The van der Waals surface area contributed by atoms with Gasteiger partial charge in [0, 0.05) is 17.4 Å². The van der Waals surface area contributed by atoms with Crippen molar-refractivity contribution >= 4 is 0 Å². The molecule has 1 unspecified atom stereocenters. The molecule has 1 aliphatic heterocycles. The van der Waals surface area contributed by atoms with Gasteiger partial charge in [-0.3, -0.25) is 4.90 Å². The highest BCUT2D eigenvalue weighted by Gasteiger charge is 2.35. The van der Waals surface area contributed by atoms with Crippen LogP contribution in [0.1, 0.15) is 50.9 Å². The van der Waals surface area contributed by atoms with Crippen molar-refractivity contribution in [3.8, 4) is 0 Å². The molecule has 0 radical (unpaired) electrons. The second-order valence-corrected chi connectivity index (χ2v) is 8.40. The summed E-state index contributed by atoms with van der Waals surface area (Å²) in [4.78, 5) is 6.90. The average Bonchev–Trinajstić information content (AvgIpc) is 3.05. The topological polar surface area (TPSA) is 62.4 Å². The fourth-order valence-corrected chi connectivity index (χ4v) is 3.63. The van der Waals surface area contributed by atoms with E-state index in [1.807, 2.05) is 6.07 Å². The van der Waals surface area contributed by atoms with Crippen LogP contribution in [0.15, 0.2) is 34.9 Å². The van der Waals surface area contributed by atoms with E-state index in [2.05, 4.69) is 60.1 Å². The summed E-state index contributed by atoms with van der Waals surface area (Å²) in [6.07, 6.45) is 3.03. The number of aliphatic hydroxyl groups excluding tert-OH is 1. The zero-order valence-corrected chi connectivity index (χ0v) is 15.5. The van der Waals surface area contributed by atoms with Crippen LogP contribution in [-0.4, -0.2) is 39.8 Å². The Hall–Kier alpha value is -1.72. The molecule has 1 aromatic heterocycles. The maximum absolute atomic E-state index is 10.1. The van der Waals surface area contributed by atoms with E-state index < -0.39 is 0 Å². The number of piperidine rings is 1. The Kier molecular flexibility index (Phi) is 5.25. The monoisotopic (exact) mass is 343 g/mol. The Balaban J connectivity index is 1.68. The molecule has 1 saturated heterocycles. The van der Waals surface area contributed by atoms with Gasteiger partial charge in [-0.15, -0.1) is 0 Å². The molecular formula is C20H29N3O2. The molecule has 1 aromatic carbocycles. The Morgan fingerprint density at radius 3 is 2.64 bits per heavy atom. The quantitative estimate of drug-likeness (QED) is 0.903. The average molecular weight is 343 g/mol. The molecule has 25 heavy (non-hydrogen) atoms. The second kappa shape index (κ2) is 7.26. The lowest BCUT2D eigenvalue weighted by Crippen LogP contribution is -2.46. The molecule has 0 amide bonds. The van der Waals surface area contributed by atoms with E-state index in [0.717, 1.165) is 38.2 Å². The van der Waals surface area contributed by atoms with E-state index in [0.29, 0.717) is 12.4 Å². The van der Waals surface area contributed by atoms with Gasteiger partial charge in [0.2, 0.25) is 5.89 Å². The summed E-state index contributed by atoms with van der Waals surface area (Å²) >= 11 is 0. The van der Waals surface area contributed by atoms with Crippen molar-refractivity contribution in [2.24, 2.45) is 5.41 Å². The molecule has 136 valence electrons. The highest BCUT2D eigenvalue weighted by Crippen LogP contribution is 2.34. The van der Waals surface area contributed by atoms with Crippen molar-refractivity contribution in [1.82, 2.24) is 15.0 Å². The van der Waals surface area contributed by atoms with Crippen LogP contribution in [0.2, 0.25) is 0 Å². The van der Waals surface area contributed by atoms with Crippen LogP contribution >= 0.6 is 0 Å². The molecule has 1 atom stereocenters. The minimum atomic E-state index is -0.130. The summed E-state index contributed by atoms with van der Waals surface area (Å²) in [6, 6.07) is 10.4. The van der Waals surface area contributed by atoms with Gasteiger partial charge in [-0.05, 0) is 31.4 Å². The van der Waals surface area contributed by atoms with E-state index in [4.69, 9.17) is 4.52 Å². The number of benzene rings is 1. The zero-order chi connectivity index (χ0) is 17.9. The molecule has 2 aromatic rings. The lowest BCUT2D eigenvalue weighted by atomic mass is 9.76. The molecule has 0 spiro atoms. The molecule has 1 N–H and O–H groups in total. The SMILES string of the molecule is CC(C)(C)c1nc(CN2CCCC(CO)(Cc3ccccc3)C2)no1. The van der Waals surface area contributed by atoms with Crippen LogP contribution in [-0.2, 0) is 18.4 Å². The van der Waals surface area contributed by atoms with E-state index in [1.165, 1.54) is 5.56 Å². The van der Waals surface area contributed by atoms with Crippen molar-refractivity contribution in [3.63, 3.8) is 0 Å². The first-order valence-corrected chi connectivity index (χ1v) is 9.10. The Morgan fingerprint density at radius 2 is 2.00 bits per heavy atom. The number of hydrogen-bond donors (Lipinski definition) is 1. The zero-order valence-electron chi connectivity index (χ0n) is 15.5. The van der Waals surface area contributed by atoms with Crippen LogP contribution < -0.4 is 0 Å². The van der Waals surface area contributed by atoms with Gasteiger partial charge in [0.1, 0.15) is 0 Å². The predicted octanol–water partition coefficient (Wildman–Crippen LogP) is 3.18. The van der Waals surface area contributed by atoms with E-state index in [-0.39, 0.29) is 17.4 Å². The number of rotatable bonds is 5. The number of likely N-dealkylation sites (tertiary alicyclic amines) is 1. The number of nitrogens with zero attached hydrogens (tertiary/aromatic N) is 3. The summed E-state index contributed by atoms with van der Waals surface area (Å²) in [5.41, 5.74) is 1.07. The first kappa shape index (κ1) is 18.1. The molecular weight excluding hydrogens is 314 g/mol. The van der Waals surface area contributed by atoms with Gasteiger partial charge in [-0.2, -0.15) is 4.98 Å². The number of aliphatic hydroxyl groups is 1. The fraction of sp³-hybridized carbons (Fsp3) is 0.600. The molecule has 0 bridgehead atoms. The minimum absolute atomic E-state index is 0.0871. The van der Waals surface area contributed by atoms with Crippen molar-refractivity contribution in [2.75, 3.05) is 19.7 Å². The second-order valence-electron chi connectivity index (χ2n) is 8.40. The van der Waals surface area contributed by atoms with Crippen LogP contribution in [0, 0.1) is 5.41 Å². The third-order valence-corrected chi connectivity index (χ3v) is 4.97. The van der Waals surface area contributed by atoms with Crippen LogP contribution in [0.3, 0.4) is 0 Å². The van der Waals surface area contributed by atoms with Crippen molar-refractivity contribution in [3.05, 3.63) is 47.6 Å². The van der Waals surface area contributed by atoms with Gasteiger partial charge in [0.25, 0.3) is 0 Å². The summed E-state index contributed by atoms with van der Waals surface area (Å²) in [7, 11) is 0. The Labute approximate surface area is 150 Å². The maximum atomic E-state index is 10.1. The maximum Gasteiger partial charge on any atom is 0.232 e. The summed E-state index contributed by atoms with van der Waals surface area (Å²) < 4.78 is 5.41. The Morgan fingerprint density at radius 1 is 1.24 bits per heavy atom. The molecule has 1 fully saturated rings. The number of hydrogen-bond acceptors (Lipinski definition) is 5. The first-order valence-electron chi connectivity index (χ1n) is 9.10. The molecule has 5 nitrogen and oxygen atoms in total. The van der Waals surface area contributed by atoms with Crippen LogP contribution in [0.25, 0.3) is 0 Å². The largest absolute Gasteiger partial charge is 0.396 e. The third kappa shape index (κ3) is 4.47. The van der Waals surface area contributed by atoms with Gasteiger partial charge in [-0.25, -0.2) is 0 Å². The van der Waals surface area contributed by atoms with Crippen LogP contribution in [0.4, 0.5) is 0 Å². The molecule has 1 aliphatic rings. The molecule has 5 heteroatoms. The fourth-order valence-electron chi connectivity index (χ4n) is 3.63. The minimum Gasteiger partial charge on any atom is -0.396 e. The van der Waals surface area contributed by atoms with E-state index in [9.17, 15) is 5.11 Å². The predicted molar refractivity (Wildman–Crippen MR) is 97.2 cm³/mol. The van der Waals surface area contributed by atoms with Gasteiger partial charge in [-0.1, -0.05) is 56.3 Å². The highest BCUT2D eigenvalue weighted by molar-refractivity contribution is 5.17. The summed E-state index contributed by atoms with van der Waals surface area (Å²) in [5, 5.41) is 14.3. The number of aromatic nitrogens is 2. The van der Waals surface area contributed by atoms with E-state index in [1.54, 1.807) is 0 Å². The molecule has 2 heterocycles. The van der Waals surface area contributed by atoms with Crippen LogP contribution in [0.5, 0.6) is 0 Å². The van der Waals surface area contributed by atoms with Gasteiger partial charge < -0.3 is 9.63 Å². The first-order chi connectivity index (χ1) is 11.9. The van der Waals surface area contributed by atoms with Crippen molar-refractivity contribution in [1.29, 1.82) is 0 Å². The molecule has 0 saturated carbocycles. The standard InChI is InChI=1S/C20H29N3O2/c1-19(2,3)18-21-17(22-25-18)13-23-11-7-10-20(14-23,15-24)12-16-8-5-4-6-9-16/h4-6,8-9,24H,7,10-15H2,1-3H3. The molecule has 3 rings (SSSR count). The summed E-state index contributed by atoms with van der Waals surface area (Å²) in [6.45, 7) is 8.97. The van der Waals surface area contributed by atoms with Gasteiger partial charge in [0.15, 0.2) is 5.82 Å². The molecule has 0 aliphatic carbocycles. The Bertz CT molecular complexity index is 678. The lowest BCUT2D eigenvalue weighted by Gasteiger charge is -2.41. The highest BCUT2D eigenvalue weighted by atomic mass is 16.5. The lowest BCUT2D eigenvalue weighted by molar-refractivity contribution is 0.0275. The van der Waals surface area contributed by atoms with Crippen molar-refractivity contribution in [2.45, 2.75) is 52.0 Å². The smallest absolute Gasteiger partial charge is 0.232 e. The van der Waals surface area contributed by atoms with Gasteiger partial charge in [0.05, 0.1) is 13.2 Å². The van der Waals surface area contributed by atoms with Gasteiger partial charge >= 0.3 is 0 Å². The van der Waals surface area contributed by atoms with Crippen molar-refractivity contribution < 1.29 is 9.63 Å². The van der Waals surface area contributed by atoms with E-state index >= 15 is 0 Å². The third-order valence-electron chi connectivity index (χ3n) is 4.97.